The molecule has 0 radical (unpaired) electrons. The van der Waals surface area contributed by atoms with Crippen molar-refractivity contribution in [1.29, 1.82) is 0 Å². The fourth-order valence-corrected chi connectivity index (χ4v) is 8.92. The van der Waals surface area contributed by atoms with E-state index in [1.54, 1.807) is 6.08 Å². The molecule has 0 aliphatic heterocycles. The Morgan fingerprint density at radius 2 is 1.77 bits per heavy atom. The summed E-state index contributed by atoms with van der Waals surface area (Å²) in [5.74, 6) is 3.60. The number of hydrogen-bond acceptors (Lipinski definition) is 2. The maximum Gasteiger partial charge on any atom is 0.0757 e. The molecule has 3 saturated carbocycles. The average Bonchev–Trinajstić information content (AvgIpc) is 3.06. The van der Waals surface area contributed by atoms with Crippen molar-refractivity contribution in [2.24, 2.45) is 52.3 Å². The highest BCUT2D eigenvalue weighted by molar-refractivity contribution is 5.27. The number of hydrogen-bond donors (Lipinski definition) is 2. The lowest BCUT2D eigenvalue weighted by molar-refractivity contribution is -0.0972. The first kappa shape index (κ1) is 21.2. The molecular weight excluding hydrogens is 380 g/mol. The second-order valence-electron chi connectivity index (χ2n) is 12.7. The van der Waals surface area contributed by atoms with Crippen molar-refractivity contribution in [1.82, 2.24) is 0 Å². The SMILES string of the molecule is [3H][C@]1(O)CC[C@@]2(C)C(=C[C@@]([3H])(O)[C@H]3[C@@H]4CC[C@H]([C@H](C)CC[C@@H](CC)C(C)C)[C@@]4(C)CC[C@@H]32)C1. The van der Waals surface area contributed by atoms with Gasteiger partial charge in [0, 0.05) is 0 Å². The minimum absolute atomic E-state index is 0.0295. The zero-order valence-corrected chi connectivity index (χ0v) is 21.1. The van der Waals surface area contributed by atoms with E-state index in [0.29, 0.717) is 24.2 Å². The van der Waals surface area contributed by atoms with E-state index in [1.807, 2.05) is 0 Å². The lowest BCUT2D eigenvalue weighted by Crippen LogP contribution is -2.54. The second kappa shape index (κ2) is 8.79. The van der Waals surface area contributed by atoms with Gasteiger partial charge in [0.05, 0.1) is 14.9 Å². The molecule has 4 rings (SSSR count). The first-order valence-corrected chi connectivity index (χ1v) is 13.4. The summed E-state index contributed by atoms with van der Waals surface area (Å²) in [5.41, 5.74) is 1.10. The second-order valence-corrected chi connectivity index (χ2v) is 12.7. The van der Waals surface area contributed by atoms with Gasteiger partial charge in [-0.15, -0.1) is 0 Å². The van der Waals surface area contributed by atoms with Crippen LogP contribution in [0.25, 0.3) is 0 Å². The Balaban J connectivity index is 1.57. The lowest BCUT2D eigenvalue weighted by Gasteiger charge is -2.59. The van der Waals surface area contributed by atoms with Crippen molar-refractivity contribution in [2.45, 2.75) is 118 Å². The van der Waals surface area contributed by atoms with Gasteiger partial charge in [-0.3, -0.25) is 0 Å². The van der Waals surface area contributed by atoms with E-state index in [9.17, 15) is 10.2 Å². The third kappa shape index (κ3) is 3.96. The molecule has 0 aromatic heterocycles. The van der Waals surface area contributed by atoms with Crippen molar-refractivity contribution in [3.05, 3.63) is 11.6 Å². The van der Waals surface area contributed by atoms with Crippen LogP contribution in [0.15, 0.2) is 11.6 Å². The normalized spacial score (nSPS) is 52.4. The van der Waals surface area contributed by atoms with E-state index in [-0.39, 0.29) is 29.1 Å². The zero-order chi connectivity index (χ0) is 24.4. The smallest absolute Gasteiger partial charge is 0.0757 e. The molecule has 0 heterocycles. The minimum atomic E-state index is -1.58. The van der Waals surface area contributed by atoms with E-state index in [1.165, 1.54) is 32.1 Å². The van der Waals surface area contributed by atoms with Gasteiger partial charge < -0.3 is 10.2 Å². The molecule has 178 valence electrons. The van der Waals surface area contributed by atoms with Gasteiger partial charge in [-0.2, -0.15) is 0 Å². The van der Waals surface area contributed by atoms with Crippen LogP contribution >= 0.6 is 0 Å². The van der Waals surface area contributed by atoms with Gasteiger partial charge >= 0.3 is 0 Å². The average molecular weight is 435 g/mol. The Hall–Kier alpha value is -0.340. The van der Waals surface area contributed by atoms with Crippen LogP contribution in [0.5, 0.6) is 0 Å². The topological polar surface area (TPSA) is 40.5 Å². The molecule has 10 atom stereocenters. The van der Waals surface area contributed by atoms with Crippen molar-refractivity contribution >= 4 is 0 Å². The van der Waals surface area contributed by atoms with Crippen molar-refractivity contribution < 1.29 is 13.0 Å². The maximum atomic E-state index is 11.5. The van der Waals surface area contributed by atoms with E-state index in [2.05, 4.69) is 41.5 Å². The van der Waals surface area contributed by atoms with Gasteiger partial charge in [0.25, 0.3) is 0 Å². The van der Waals surface area contributed by atoms with Crippen LogP contribution in [-0.4, -0.2) is 22.4 Å². The summed E-state index contributed by atoms with van der Waals surface area (Å²) in [6, 6.07) is 0. The van der Waals surface area contributed by atoms with Gasteiger partial charge in [0.2, 0.25) is 0 Å². The molecule has 0 spiro atoms. The summed E-state index contributed by atoms with van der Waals surface area (Å²) < 4.78 is 17.2. The molecule has 2 N–H and O–H groups in total. The summed E-state index contributed by atoms with van der Waals surface area (Å²) in [7, 11) is 0. The first-order valence-electron chi connectivity index (χ1n) is 14.4. The highest BCUT2D eigenvalue weighted by Gasteiger charge is 2.61. The highest BCUT2D eigenvalue weighted by Crippen LogP contribution is 2.67. The van der Waals surface area contributed by atoms with Crippen LogP contribution in [-0.2, 0) is 0 Å². The van der Waals surface area contributed by atoms with Gasteiger partial charge in [0.1, 0.15) is 0 Å². The molecule has 31 heavy (non-hydrogen) atoms. The third-order valence-electron chi connectivity index (χ3n) is 11.0. The van der Waals surface area contributed by atoms with Gasteiger partial charge in [-0.25, -0.2) is 0 Å². The van der Waals surface area contributed by atoms with Crippen LogP contribution in [0.4, 0.5) is 0 Å². The monoisotopic (exact) mass is 434 g/mol. The summed E-state index contributed by atoms with van der Waals surface area (Å²) >= 11 is 0. The molecule has 0 saturated heterocycles. The molecule has 0 aromatic carbocycles. The number of fused-ring (bicyclic) bond motifs is 5. The predicted molar refractivity (Wildman–Crippen MR) is 130 cm³/mol. The Bertz CT molecular complexity index is 759. The van der Waals surface area contributed by atoms with Gasteiger partial charge in [-0.1, -0.05) is 66.0 Å². The van der Waals surface area contributed by atoms with Crippen LogP contribution in [0, 0.1) is 52.3 Å². The summed E-state index contributed by atoms with van der Waals surface area (Å²) in [5, 5.41) is 21.9. The fraction of sp³-hybridized carbons (Fsp3) is 0.931. The Morgan fingerprint density at radius 1 is 1.03 bits per heavy atom. The predicted octanol–water partition coefficient (Wildman–Crippen LogP) is 7.00. The quantitative estimate of drug-likeness (QED) is 0.442. The van der Waals surface area contributed by atoms with Crippen LogP contribution in [0.1, 0.15) is 108 Å². The molecule has 0 bridgehead atoms. The molecule has 0 amide bonds. The third-order valence-corrected chi connectivity index (χ3v) is 11.0. The van der Waals surface area contributed by atoms with E-state index < -0.39 is 12.2 Å². The minimum Gasteiger partial charge on any atom is -0.393 e. The van der Waals surface area contributed by atoms with Crippen molar-refractivity contribution in [2.75, 3.05) is 0 Å². The van der Waals surface area contributed by atoms with Gasteiger partial charge in [0.15, 0.2) is 0 Å². The maximum absolute atomic E-state index is 11.5. The Kier molecular flexibility index (Phi) is 6.01. The van der Waals surface area contributed by atoms with Crippen LogP contribution in [0.3, 0.4) is 0 Å². The van der Waals surface area contributed by atoms with E-state index in [4.69, 9.17) is 2.74 Å². The molecule has 4 aliphatic carbocycles. The molecule has 0 aromatic rings. The summed E-state index contributed by atoms with van der Waals surface area (Å²) in [6.45, 7) is 14.3. The fourth-order valence-electron chi connectivity index (χ4n) is 8.92. The number of aliphatic hydroxyl groups is 2. The molecule has 2 heteroatoms. The van der Waals surface area contributed by atoms with Crippen LogP contribution < -0.4 is 0 Å². The standard InChI is InChI=1S/C29H50O2/c1-7-20(18(2)3)9-8-19(4)23-10-11-24-27-25(13-15-29(23,24)6)28(5)14-12-22(30)16-21(28)17-26(27)31/h17-20,22-27,30-31H,7-16H2,1-6H3/t19-,20-,22+,23-,24+,25+,26-,27+,28+,29-/m1/s1/i22T,26T. The lowest BCUT2D eigenvalue weighted by atomic mass is 9.46. The molecule has 0 unspecified atom stereocenters. The molecular formula is C29H50O2. The highest BCUT2D eigenvalue weighted by atomic mass is 16.3. The van der Waals surface area contributed by atoms with E-state index >= 15 is 0 Å². The van der Waals surface area contributed by atoms with E-state index in [0.717, 1.165) is 36.7 Å². The molecule has 4 aliphatic rings. The molecule has 2 nitrogen and oxygen atoms in total. The first-order chi connectivity index (χ1) is 15.2. The summed E-state index contributed by atoms with van der Waals surface area (Å²) in [4.78, 5) is 0. The number of rotatable bonds is 6. The zero-order valence-electron chi connectivity index (χ0n) is 23.1. The Labute approximate surface area is 195 Å². The van der Waals surface area contributed by atoms with Crippen molar-refractivity contribution in [3.8, 4) is 0 Å². The summed E-state index contributed by atoms with van der Waals surface area (Å²) in [6.07, 6.45) is 8.84. The van der Waals surface area contributed by atoms with Gasteiger partial charge in [-0.05, 0) is 104 Å². The largest absolute Gasteiger partial charge is 0.393 e. The Morgan fingerprint density at radius 3 is 2.45 bits per heavy atom. The van der Waals surface area contributed by atoms with Crippen LogP contribution in [0.2, 0.25) is 0 Å². The molecule has 3 fully saturated rings. The van der Waals surface area contributed by atoms with Crippen molar-refractivity contribution in [3.63, 3.8) is 0 Å².